The summed E-state index contributed by atoms with van der Waals surface area (Å²) in [6.07, 6.45) is 1.01. The standard InChI is InChI=1S/C13H18N2O2/c1-2-9-17-12-5-3-11(4-6-12)10-15-8-7-14-13(15)16/h3-6H,2,7-10H2,1H3,(H,14,16). The van der Waals surface area contributed by atoms with Crippen LogP contribution in [0.4, 0.5) is 4.79 Å². The number of hydrogen-bond acceptors (Lipinski definition) is 2. The summed E-state index contributed by atoms with van der Waals surface area (Å²) in [7, 11) is 0. The van der Waals surface area contributed by atoms with E-state index in [9.17, 15) is 4.79 Å². The summed E-state index contributed by atoms with van der Waals surface area (Å²) in [5.74, 6) is 0.890. The molecule has 1 heterocycles. The van der Waals surface area contributed by atoms with Gasteiger partial charge in [0.05, 0.1) is 6.61 Å². The largest absolute Gasteiger partial charge is 0.494 e. The van der Waals surface area contributed by atoms with Gasteiger partial charge in [0.15, 0.2) is 0 Å². The molecule has 92 valence electrons. The molecule has 1 aromatic rings. The van der Waals surface area contributed by atoms with Gasteiger partial charge in [-0.05, 0) is 24.1 Å². The molecular formula is C13H18N2O2. The number of ether oxygens (including phenoxy) is 1. The Labute approximate surface area is 102 Å². The zero-order chi connectivity index (χ0) is 12.1. The van der Waals surface area contributed by atoms with Crippen molar-refractivity contribution in [2.24, 2.45) is 0 Å². The van der Waals surface area contributed by atoms with Crippen molar-refractivity contribution in [1.82, 2.24) is 10.2 Å². The molecule has 0 atom stereocenters. The molecule has 4 heteroatoms. The van der Waals surface area contributed by atoms with Crippen molar-refractivity contribution >= 4 is 6.03 Å². The molecule has 0 bridgehead atoms. The van der Waals surface area contributed by atoms with Crippen molar-refractivity contribution in [1.29, 1.82) is 0 Å². The maximum absolute atomic E-state index is 11.4. The van der Waals surface area contributed by atoms with Crippen LogP contribution in [0.5, 0.6) is 5.75 Å². The number of hydrogen-bond donors (Lipinski definition) is 1. The van der Waals surface area contributed by atoms with Gasteiger partial charge in [0.1, 0.15) is 5.75 Å². The topological polar surface area (TPSA) is 41.6 Å². The monoisotopic (exact) mass is 234 g/mol. The molecule has 2 amide bonds. The first-order valence-electron chi connectivity index (χ1n) is 6.04. The quantitative estimate of drug-likeness (QED) is 0.846. The fourth-order valence-corrected chi connectivity index (χ4v) is 1.79. The van der Waals surface area contributed by atoms with Crippen LogP contribution >= 0.6 is 0 Å². The van der Waals surface area contributed by atoms with Crippen LogP contribution in [0.15, 0.2) is 24.3 Å². The number of benzene rings is 1. The molecule has 1 aliphatic heterocycles. The predicted molar refractivity (Wildman–Crippen MR) is 66.0 cm³/mol. The first kappa shape index (κ1) is 11.8. The van der Waals surface area contributed by atoms with E-state index >= 15 is 0 Å². The minimum absolute atomic E-state index is 0.0244. The summed E-state index contributed by atoms with van der Waals surface area (Å²) in [6.45, 7) is 5.03. The highest BCUT2D eigenvalue weighted by molar-refractivity contribution is 5.76. The fraction of sp³-hybridized carbons (Fsp3) is 0.462. The molecule has 1 aliphatic rings. The van der Waals surface area contributed by atoms with Crippen LogP contribution in [0.2, 0.25) is 0 Å². The maximum Gasteiger partial charge on any atom is 0.317 e. The highest BCUT2D eigenvalue weighted by atomic mass is 16.5. The second kappa shape index (κ2) is 5.57. The SMILES string of the molecule is CCCOc1ccc(CN2CCNC2=O)cc1. The zero-order valence-electron chi connectivity index (χ0n) is 10.1. The Kier molecular flexibility index (Phi) is 3.85. The van der Waals surface area contributed by atoms with Crippen molar-refractivity contribution in [3.05, 3.63) is 29.8 Å². The summed E-state index contributed by atoms with van der Waals surface area (Å²) < 4.78 is 5.51. The summed E-state index contributed by atoms with van der Waals surface area (Å²) in [5.41, 5.74) is 1.13. The lowest BCUT2D eigenvalue weighted by Gasteiger charge is -2.14. The van der Waals surface area contributed by atoms with Gasteiger partial charge in [-0.2, -0.15) is 0 Å². The average Bonchev–Trinajstić information content (AvgIpc) is 2.74. The Morgan fingerprint density at radius 2 is 2.12 bits per heavy atom. The van der Waals surface area contributed by atoms with Gasteiger partial charge in [0.2, 0.25) is 0 Å². The molecule has 0 unspecified atom stereocenters. The highest BCUT2D eigenvalue weighted by Crippen LogP contribution is 2.14. The number of carbonyl (C=O) groups is 1. The van der Waals surface area contributed by atoms with Gasteiger partial charge < -0.3 is 15.0 Å². The lowest BCUT2D eigenvalue weighted by atomic mass is 10.2. The number of nitrogens with zero attached hydrogens (tertiary/aromatic N) is 1. The summed E-state index contributed by atoms with van der Waals surface area (Å²) >= 11 is 0. The van der Waals surface area contributed by atoms with Crippen LogP contribution in [-0.2, 0) is 6.54 Å². The van der Waals surface area contributed by atoms with Crippen molar-refractivity contribution in [2.45, 2.75) is 19.9 Å². The van der Waals surface area contributed by atoms with Crippen molar-refractivity contribution in [2.75, 3.05) is 19.7 Å². The molecule has 0 aromatic heterocycles. The summed E-state index contributed by atoms with van der Waals surface area (Å²) in [6, 6.07) is 7.96. The van der Waals surface area contributed by atoms with Gasteiger partial charge in [-0.3, -0.25) is 0 Å². The summed E-state index contributed by atoms with van der Waals surface area (Å²) in [4.78, 5) is 13.2. The molecule has 0 spiro atoms. The van der Waals surface area contributed by atoms with Gasteiger partial charge >= 0.3 is 6.03 Å². The van der Waals surface area contributed by atoms with E-state index in [-0.39, 0.29) is 6.03 Å². The van der Waals surface area contributed by atoms with Crippen LogP contribution in [0.3, 0.4) is 0 Å². The second-order valence-electron chi connectivity index (χ2n) is 4.15. The highest BCUT2D eigenvalue weighted by Gasteiger charge is 2.18. The Balaban J connectivity index is 1.91. The van der Waals surface area contributed by atoms with Crippen LogP contribution in [-0.4, -0.2) is 30.6 Å². The van der Waals surface area contributed by atoms with Crippen LogP contribution < -0.4 is 10.1 Å². The van der Waals surface area contributed by atoms with E-state index in [2.05, 4.69) is 12.2 Å². The third-order valence-corrected chi connectivity index (χ3v) is 2.71. The first-order chi connectivity index (χ1) is 8.29. The number of carbonyl (C=O) groups excluding carboxylic acids is 1. The van der Waals surface area contributed by atoms with Crippen LogP contribution in [0.1, 0.15) is 18.9 Å². The molecule has 1 aromatic carbocycles. The van der Waals surface area contributed by atoms with Crippen molar-refractivity contribution < 1.29 is 9.53 Å². The van der Waals surface area contributed by atoms with E-state index in [1.54, 1.807) is 0 Å². The molecule has 0 aliphatic carbocycles. The van der Waals surface area contributed by atoms with Crippen molar-refractivity contribution in [3.63, 3.8) is 0 Å². The smallest absolute Gasteiger partial charge is 0.317 e. The molecule has 4 nitrogen and oxygen atoms in total. The minimum atomic E-state index is 0.0244. The van der Waals surface area contributed by atoms with E-state index in [0.717, 1.165) is 37.4 Å². The number of urea groups is 1. The fourth-order valence-electron chi connectivity index (χ4n) is 1.79. The summed E-state index contributed by atoms with van der Waals surface area (Å²) in [5, 5.41) is 2.79. The van der Waals surface area contributed by atoms with Gasteiger partial charge in [0, 0.05) is 19.6 Å². The van der Waals surface area contributed by atoms with E-state index in [1.165, 1.54) is 0 Å². The minimum Gasteiger partial charge on any atom is -0.494 e. The Bertz CT molecular complexity index is 376. The van der Waals surface area contributed by atoms with Gasteiger partial charge in [-0.25, -0.2) is 4.79 Å². The Morgan fingerprint density at radius 3 is 2.71 bits per heavy atom. The van der Waals surface area contributed by atoms with E-state index in [1.807, 2.05) is 29.2 Å². The lowest BCUT2D eigenvalue weighted by Crippen LogP contribution is -2.27. The molecule has 1 N–H and O–H groups in total. The zero-order valence-corrected chi connectivity index (χ0v) is 10.1. The van der Waals surface area contributed by atoms with E-state index in [0.29, 0.717) is 6.54 Å². The molecule has 1 fully saturated rings. The number of amides is 2. The first-order valence-corrected chi connectivity index (χ1v) is 6.04. The molecule has 2 rings (SSSR count). The van der Waals surface area contributed by atoms with Gasteiger partial charge in [-0.1, -0.05) is 19.1 Å². The van der Waals surface area contributed by atoms with Gasteiger partial charge in [0.25, 0.3) is 0 Å². The normalized spacial score (nSPS) is 14.9. The molecule has 0 radical (unpaired) electrons. The van der Waals surface area contributed by atoms with Crippen molar-refractivity contribution in [3.8, 4) is 5.75 Å². The molecule has 17 heavy (non-hydrogen) atoms. The average molecular weight is 234 g/mol. The van der Waals surface area contributed by atoms with Crippen LogP contribution in [0.25, 0.3) is 0 Å². The van der Waals surface area contributed by atoms with E-state index < -0.39 is 0 Å². The Morgan fingerprint density at radius 1 is 1.35 bits per heavy atom. The van der Waals surface area contributed by atoms with E-state index in [4.69, 9.17) is 4.74 Å². The molecule has 0 saturated carbocycles. The predicted octanol–water partition coefficient (Wildman–Crippen LogP) is 2.00. The lowest BCUT2D eigenvalue weighted by molar-refractivity contribution is 0.215. The van der Waals surface area contributed by atoms with Gasteiger partial charge in [-0.15, -0.1) is 0 Å². The third-order valence-electron chi connectivity index (χ3n) is 2.71. The third kappa shape index (κ3) is 3.12. The molecule has 1 saturated heterocycles. The second-order valence-corrected chi connectivity index (χ2v) is 4.15. The number of rotatable bonds is 5. The molecular weight excluding hydrogens is 216 g/mol. The maximum atomic E-state index is 11.4. The van der Waals surface area contributed by atoms with Crippen LogP contribution in [0, 0.1) is 0 Å². The number of nitrogens with one attached hydrogen (secondary N) is 1. The Hall–Kier alpha value is -1.71.